The Morgan fingerprint density at radius 2 is 1.90 bits per heavy atom. The molecular formula is C23H28ClN3O4. The van der Waals surface area contributed by atoms with Gasteiger partial charge in [-0.1, -0.05) is 11.6 Å². The van der Waals surface area contributed by atoms with E-state index >= 15 is 0 Å². The van der Waals surface area contributed by atoms with E-state index in [4.69, 9.17) is 30.8 Å². The summed E-state index contributed by atoms with van der Waals surface area (Å²) in [5.41, 5.74) is 3.62. The van der Waals surface area contributed by atoms with E-state index in [-0.39, 0.29) is 5.97 Å². The maximum Gasteiger partial charge on any atom is 0.305 e. The summed E-state index contributed by atoms with van der Waals surface area (Å²) in [6.07, 6.45) is 2.62. The highest BCUT2D eigenvalue weighted by molar-refractivity contribution is 6.31. The number of halogens is 1. The van der Waals surface area contributed by atoms with Crippen molar-refractivity contribution in [2.45, 2.75) is 47.1 Å². The molecule has 0 unspecified atom stereocenters. The van der Waals surface area contributed by atoms with Gasteiger partial charge in [0, 0.05) is 18.6 Å². The number of pyridine rings is 1. The molecule has 0 aliphatic rings. The van der Waals surface area contributed by atoms with Crippen molar-refractivity contribution < 1.29 is 19.0 Å². The number of esters is 1. The Bertz CT molecular complexity index is 1060. The van der Waals surface area contributed by atoms with Gasteiger partial charge >= 0.3 is 5.97 Å². The van der Waals surface area contributed by atoms with Gasteiger partial charge in [0.2, 0.25) is 0 Å². The van der Waals surface area contributed by atoms with Crippen LogP contribution in [0.25, 0.3) is 11.0 Å². The third-order valence-corrected chi connectivity index (χ3v) is 5.15. The molecule has 0 radical (unpaired) electrons. The van der Waals surface area contributed by atoms with Gasteiger partial charge < -0.3 is 18.8 Å². The standard InChI is InChI=1S/C23H28ClN3O4/c1-5-29-18-11-19(24)20(25-13-18)14-27-16(4)26-23-15(3)10-17(12-21(23)27)31-9-7-8-22(28)30-6-2/h10-13H,5-9,14H2,1-4H3. The van der Waals surface area contributed by atoms with E-state index < -0.39 is 0 Å². The molecule has 0 bridgehead atoms. The molecule has 0 aliphatic heterocycles. The molecular weight excluding hydrogens is 418 g/mol. The third-order valence-electron chi connectivity index (χ3n) is 4.82. The second-order valence-electron chi connectivity index (χ2n) is 7.14. The van der Waals surface area contributed by atoms with E-state index in [0.717, 1.165) is 33.9 Å². The van der Waals surface area contributed by atoms with E-state index in [9.17, 15) is 4.79 Å². The largest absolute Gasteiger partial charge is 0.493 e. The topological polar surface area (TPSA) is 75.5 Å². The van der Waals surface area contributed by atoms with Crippen LogP contribution < -0.4 is 9.47 Å². The smallest absolute Gasteiger partial charge is 0.305 e. The maximum atomic E-state index is 11.5. The fraction of sp³-hybridized carbons (Fsp3) is 0.435. The van der Waals surface area contributed by atoms with Gasteiger partial charge in [-0.05, 0) is 45.7 Å². The average molecular weight is 446 g/mol. The molecule has 0 fully saturated rings. The lowest BCUT2D eigenvalue weighted by atomic mass is 10.2. The van der Waals surface area contributed by atoms with Gasteiger partial charge in [-0.3, -0.25) is 9.78 Å². The Morgan fingerprint density at radius 3 is 2.61 bits per heavy atom. The number of hydrogen-bond donors (Lipinski definition) is 0. The number of carbonyl (C=O) groups excluding carboxylic acids is 1. The zero-order chi connectivity index (χ0) is 22.4. The molecule has 7 nitrogen and oxygen atoms in total. The minimum absolute atomic E-state index is 0.203. The number of aryl methyl sites for hydroxylation is 2. The van der Waals surface area contributed by atoms with Crippen LogP contribution in [0, 0.1) is 13.8 Å². The zero-order valence-corrected chi connectivity index (χ0v) is 19.2. The number of aromatic nitrogens is 3. The summed E-state index contributed by atoms with van der Waals surface area (Å²) in [5.74, 6) is 2.05. The number of ether oxygens (including phenoxy) is 3. The highest BCUT2D eigenvalue weighted by Gasteiger charge is 2.14. The Kier molecular flexibility index (Phi) is 7.74. The van der Waals surface area contributed by atoms with Crippen molar-refractivity contribution >= 4 is 28.6 Å². The molecule has 3 rings (SSSR count). The highest BCUT2D eigenvalue weighted by atomic mass is 35.5. The number of hydrogen-bond acceptors (Lipinski definition) is 6. The summed E-state index contributed by atoms with van der Waals surface area (Å²) in [6, 6.07) is 5.71. The quantitative estimate of drug-likeness (QED) is 0.327. The van der Waals surface area contributed by atoms with Gasteiger partial charge in [-0.15, -0.1) is 0 Å². The number of fused-ring (bicyclic) bond motifs is 1. The van der Waals surface area contributed by atoms with Crippen LogP contribution in [0.5, 0.6) is 11.5 Å². The van der Waals surface area contributed by atoms with Gasteiger partial charge in [0.05, 0.1) is 54.3 Å². The van der Waals surface area contributed by atoms with Crippen LogP contribution >= 0.6 is 11.6 Å². The predicted molar refractivity (Wildman–Crippen MR) is 120 cm³/mol. The Labute approximate surface area is 187 Å². The monoisotopic (exact) mass is 445 g/mol. The lowest BCUT2D eigenvalue weighted by Crippen LogP contribution is -2.07. The van der Waals surface area contributed by atoms with Crippen LogP contribution in [-0.4, -0.2) is 40.3 Å². The van der Waals surface area contributed by atoms with Crippen LogP contribution in [0.2, 0.25) is 5.02 Å². The van der Waals surface area contributed by atoms with Crippen molar-refractivity contribution in [1.82, 2.24) is 14.5 Å². The van der Waals surface area contributed by atoms with Crippen LogP contribution in [0.3, 0.4) is 0 Å². The van der Waals surface area contributed by atoms with Gasteiger partial charge in [0.25, 0.3) is 0 Å². The Hall–Kier alpha value is -2.80. The SMILES string of the molecule is CCOC(=O)CCCOc1cc(C)c2nc(C)n(Cc3ncc(OCC)cc3Cl)c2c1. The molecule has 0 saturated carbocycles. The minimum Gasteiger partial charge on any atom is -0.493 e. The molecule has 1 aromatic carbocycles. The molecule has 0 aliphatic carbocycles. The molecule has 0 atom stereocenters. The molecule has 2 heterocycles. The summed E-state index contributed by atoms with van der Waals surface area (Å²) in [7, 11) is 0. The van der Waals surface area contributed by atoms with Gasteiger partial charge in [-0.2, -0.15) is 0 Å². The average Bonchev–Trinajstić information content (AvgIpc) is 3.04. The predicted octanol–water partition coefficient (Wildman–Crippen LogP) is 4.87. The second-order valence-corrected chi connectivity index (χ2v) is 7.55. The molecule has 2 aromatic heterocycles. The van der Waals surface area contributed by atoms with E-state index in [2.05, 4.69) is 9.55 Å². The summed E-state index contributed by atoms with van der Waals surface area (Å²) in [6.45, 7) is 9.56. The first-order valence-corrected chi connectivity index (χ1v) is 10.8. The first-order valence-electron chi connectivity index (χ1n) is 10.5. The van der Waals surface area contributed by atoms with Crippen molar-refractivity contribution in [3.05, 3.63) is 46.5 Å². The van der Waals surface area contributed by atoms with Crippen molar-refractivity contribution in [1.29, 1.82) is 0 Å². The molecule has 166 valence electrons. The van der Waals surface area contributed by atoms with Crippen LogP contribution in [0.15, 0.2) is 24.4 Å². The second kappa shape index (κ2) is 10.5. The van der Waals surface area contributed by atoms with Gasteiger partial charge in [0.1, 0.15) is 17.3 Å². The lowest BCUT2D eigenvalue weighted by Gasteiger charge is -2.11. The number of nitrogens with zero attached hydrogens (tertiary/aromatic N) is 3. The molecule has 3 aromatic rings. The van der Waals surface area contributed by atoms with Crippen LogP contribution in [-0.2, 0) is 16.1 Å². The molecule has 0 N–H and O–H groups in total. The summed E-state index contributed by atoms with van der Waals surface area (Å²) in [4.78, 5) is 20.7. The van der Waals surface area contributed by atoms with Gasteiger partial charge in [0.15, 0.2) is 0 Å². The van der Waals surface area contributed by atoms with Crippen LogP contribution in [0.4, 0.5) is 0 Å². The van der Waals surface area contributed by atoms with E-state index in [1.54, 1.807) is 19.2 Å². The number of imidazole rings is 1. The number of benzene rings is 1. The van der Waals surface area contributed by atoms with Crippen molar-refractivity contribution in [2.75, 3.05) is 19.8 Å². The summed E-state index contributed by atoms with van der Waals surface area (Å²) >= 11 is 6.44. The fourth-order valence-electron chi connectivity index (χ4n) is 3.36. The van der Waals surface area contributed by atoms with Gasteiger partial charge in [-0.25, -0.2) is 4.98 Å². The Morgan fingerprint density at radius 1 is 1.10 bits per heavy atom. The van der Waals surface area contributed by atoms with E-state index in [0.29, 0.717) is 50.0 Å². The maximum absolute atomic E-state index is 11.5. The summed E-state index contributed by atoms with van der Waals surface area (Å²) in [5, 5.41) is 0.551. The zero-order valence-electron chi connectivity index (χ0n) is 18.4. The first kappa shape index (κ1) is 22.9. The lowest BCUT2D eigenvalue weighted by molar-refractivity contribution is -0.143. The molecule has 0 spiro atoms. The molecule has 0 saturated heterocycles. The first-order chi connectivity index (χ1) is 14.9. The fourth-order valence-corrected chi connectivity index (χ4v) is 3.58. The summed E-state index contributed by atoms with van der Waals surface area (Å²) < 4.78 is 18.4. The minimum atomic E-state index is -0.203. The van der Waals surface area contributed by atoms with E-state index in [1.807, 2.05) is 32.9 Å². The molecule has 8 heteroatoms. The number of carbonyl (C=O) groups is 1. The molecule has 31 heavy (non-hydrogen) atoms. The van der Waals surface area contributed by atoms with Crippen molar-refractivity contribution in [2.24, 2.45) is 0 Å². The highest BCUT2D eigenvalue weighted by Crippen LogP contribution is 2.28. The number of rotatable bonds is 10. The third kappa shape index (κ3) is 5.67. The van der Waals surface area contributed by atoms with E-state index in [1.165, 1.54) is 0 Å². The Balaban J connectivity index is 1.79. The molecule has 0 amide bonds. The van der Waals surface area contributed by atoms with Crippen molar-refractivity contribution in [3.8, 4) is 11.5 Å². The van der Waals surface area contributed by atoms with Crippen LogP contribution in [0.1, 0.15) is 43.8 Å². The van der Waals surface area contributed by atoms with Crippen molar-refractivity contribution in [3.63, 3.8) is 0 Å². The normalized spacial score (nSPS) is 11.0.